The van der Waals surface area contributed by atoms with Crippen molar-refractivity contribution in [3.8, 4) is 5.75 Å². The molecule has 4 atom stereocenters. The van der Waals surface area contributed by atoms with E-state index in [1.165, 1.54) is 11.0 Å². The molecule has 1 saturated heterocycles. The van der Waals surface area contributed by atoms with E-state index in [1.807, 2.05) is 26.0 Å². The molecule has 31 heavy (non-hydrogen) atoms. The summed E-state index contributed by atoms with van der Waals surface area (Å²) in [6, 6.07) is 4.72. The van der Waals surface area contributed by atoms with Crippen molar-refractivity contribution in [3.63, 3.8) is 0 Å². The third kappa shape index (κ3) is 4.65. The van der Waals surface area contributed by atoms with Crippen LogP contribution in [0, 0.1) is 19.8 Å². The summed E-state index contributed by atoms with van der Waals surface area (Å²) in [6.45, 7) is 6.91. The van der Waals surface area contributed by atoms with Crippen LogP contribution in [-0.2, 0) is 4.79 Å². The summed E-state index contributed by atoms with van der Waals surface area (Å²) < 4.78 is 34.4. The van der Waals surface area contributed by atoms with Gasteiger partial charge in [-0.15, -0.1) is 0 Å². The van der Waals surface area contributed by atoms with Gasteiger partial charge in [0.2, 0.25) is 5.95 Å². The molecule has 1 fully saturated rings. The first-order chi connectivity index (χ1) is 14.8. The number of hydrogen-bond acceptors (Lipinski definition) is 5. The minimum Gasteiger partial charge on any atom is -0.481 e. The number of likely N-dealkylation sites (tertiary alicyclic amines) is 1. The second-order valence-corrected chi connectivity index (χ2v) is 8.69. The third-order valence-electron chi connectivity index (χ3n) is 6.18. The molecule has 2 aliphatic rings. The number of aryl methyl sites for hydroxylation is 2. The number of rotatable bonds is 5. The zero-order valence-corrected chi connectivity index (χ0v) is 18.1. The number of hydrogen-bond donors (Lipinski definition) is 1. The maximum Gasteiger partial charge on any atom is 0.263 e. The van der Waals surface area contributed by atoms with E-state index in [1.54, 1.807) is 11.8 Å². The van der Waals surface area contributed by atoms with Gasteiger partial charge in [0, 0.05) is 19.1 Å². The first kappa shape index (κ1) is 21.5. The van der Waals surface area contributed by atoms with Gasteiger partial charge >= 0.3 is 0 Å². The van der Waals surface area contributed by atoms with Gasteiger partial charge in [-0.25, -0.2) is 13.5 Å². The standard InChI is InChI=1S/C22H29F2N5O2/c1-13-7-14(2)9-17(8-13)31-15(3)21(30)28-6-4-5-16(11-28)18-10-19(20(23)24)29-22(27-18)25-12-26-29/h7-9,12,15-16,18-20H,4-6,10-11H2,1-3H3,(H,25,26,27)/t15?,16?,18-,19+/m0/s1. The minimum absolute atomic E-state index is 0.0674. The van der Waals surface area contributed by atoms with Gasteiger partial charge in [0.25, 0.3) is 12.3 Å². The Morgan fingerprint density at radius 1 is 1.26 bits per heavy atom. The highest BCUT2D eigenvalue weighted by Gasteiger charge is 2.39. The number of amides is 1. The molecule has 0 saturated carbocycles. The molecule has 0 radical (unpaired) electrons. The fourth-order valence-corrected chi connectivity index (χ4v) is 4.75. The Kier molecular flexibility index (Phi) is 6.11. The molecule has 2 unspecified atom stereocenters. The van der Waals surface area contributed by atoms with E-state index in [2.05, 4.69) is 21.5 Å². The molecule has 0 spiro atoms. The molecule has 0 aliphatic carbocycles. The number of ether oxygens (including phenoxy) is 1. The molecule has 3 heterocycles. The predicted octanol–water partition coefficient (Wildman–Crippen LogP) is 3.59. The molecule has 9 heteroatoms. The molecule has 1 amide bonds. The van der Waals surface area contributed by atoms with Crippen LogP contribution in [0.3, 0.4) is 0 Å². The highest BCUT2D eigenvalue weighted by molar-refractivity contribution is 5.81. The molecule has 2 aliphatic heterocycles. The molecule has 4 rings (SSSR count). The van der Waals surface area contributed by atoms with E-state index in [0.29, 0.717) is 24.8 Å². The zero-order valence-electron chi connectivity index (χ0n) is 18.1. The molecular weight excluding hydrogens is 404 g/mol. The third-order valence-corrected chi connectivity index (χ3v) is 6.18. The van der Waals surface area contributed by atoms with Crippen molar-refractivity contribution >= 4 is 11.9 Å². The lowest BCUT2D eigenvalue weighted by Gasteiger charge is -2.41. The van der Waals surface area contributed by atoms with E-state index >= 15 is 0 Å². The van der Waals surface area contributed by atoms with E-state index in [9.17, 15) is 13.6 Å². The normalized spacial score (nSPS) is 24.5. The lowest BCUT2D eigenvalue weighted by molar-refractivity contribution is -0.140. The van der Waals surface area contributed by atoms with Gasteiger partial charge in [0.15, 0.2) is 6.10 Å². The zero-order chi connectivity index (χ0) is 22.1. The van der Waals surface area contributed by atoms with Crippen LogP contribution in [-0.4, -0.2) is 57.2 Å². The summed E-state index contributed by atoms with van der Waals surface area (Å²) in [6.07, 6.45) is 0.126. The molecular formula is C22H29F2N5O2. The number of alkyl halides is 2. The Bertz CT molecular complexity index is 914. The summed E-state index contributed by atoms with van der Waals surface area (Å²) >= 11 is 0. The SMILES string of the molecule is Cc1cc(C)cc(OC(C)C(=O)N2CCCC([C@@H]3C[C@H](C(F)F)n4ncnc4N3)C2)c1. The van der Waals surface area contributed by atoms with Gasteiger partial charge < -0.3 is 15.0 Å². The van der Waals surface area contributed by atoms with E-state index in [4.69, 9.17) is 4.74 Å². The lowest BCUT2D eigenvalue weighted by Crippen LogP contribution is -2.50. The maximum atomic E-state index is 13.6. The van der Waals surface area contributed by atoms with Gasteiger partial charge in [-0.2, -0.15) is 10.1 Å². The molecule has 0 bridgehead atoms. The van der Waals surface area contributed by atoms with Crippen molar-refractivity contribution in [2.45, 2.75) is 64.6 Å². The van der Waals surface area contributed by atoms with Crippen LogP contribution in [0.4, 0.5) is 14.7 Å². The van der Waals surface area contributed by atoms with E-state index in [0.717, 1.165) is 24.0 Å². The van der Waals surface area contributed by atoms with Crippen molar-refractivity contribution in [3.05, 3.63) is 35.7 Å². The summed E-state index contributed by atoms with van der Waals surface area (Å²) in [5, 5.41) is 7.20. The Morgan fingerprint density at radius 3 is 2.71 bits per heavy atom. The minimum atomic E-state index is -2.52. The summed E-state index contributed by atoms with van der Waals surface area (Å²) in [7, 11) is 0. The fraction of sp³-hybridized carbons (Fsp3) is 0.591. The number of nitrogens with one attached hydrogen (secondary N) is 1. The Hall–Kier alpha value is -2.71. The number of anilines is 1. The number of carbonyl (C=O) groups is 1. The number of fused-ring (bicyclic) bond motifs is 1. The average molecular weight is 434 g/mol. The number of nitrogens with zero attached hydrogens (tertiary/aromatic N) is 4. The van der Waals surface area contributed by atoms with Crippen LogP contribution < -0.4 is 10.1 Å². The molecule has 1 aromatic heterocycles. The lowest BCUT2D eigenvalue weighted by atomic mass is 9.86. The number of benzene rings is 1. The predicted molar refractivity (Wildman–Crippen MR) is 112 cm³/mol. The smallest absolute Gasteiger partial charge is 0.263 e. The number of aromatic nitrogens is 3. The molecule has 1 N–H and O–H groups in total. The van der Waals surface area contributed by atoms with Crippen molar-refractivity contribution in [1.29, 1.82) is 0 Å². The molecule has 168 valence electrons. The highest BCUT2D eigenvalue weighted by Crippen LogP contribution is 2.35. The first-order valence-corrected chi connectivity index (χ1v) is 10.8. The average Bonchev–Trinajstić information content (AvgIpc) is 3.20. The Labute approximate surface area is 180 Å². The van der Waals surface area contributed by atoms with Gasteiger partial charge in [-0.05, 0) is 69.2 Å². The fourth-order valence-electron chi connectivity index (χ4n) is 4.75. The topological polar surface area (TPSA) is 72.3 Å². The highest BCUT2D eigenvalue weighted by atomic mass is 19.3. The second-order valence-electron chi connectivity index (χ2n) is 8.69. The monoisotopic (exact) mass is 433 g/mol. The number of halogens is 2. The summed E-state index contributed by atoms with van der Waals surface area (Å²) in [4.78, 5) is 19.0. The van der Waals surface area contributed by atoms with Crippen LogP contribution in [0.25, 0.3) is 0 Å². The Morgan fingerprint density at radius 2 is 2.00 bits per heavy atom. The van der Waals surface area contributed by atoms with Crippen LogP contribution >= 0.6 is 0 Å². The van der Waals surface area contributed by atoms with Gasteiger partial charge in [0.1, 0.15) is 18.1 Å². The van der Waals surface area contributed by atoms with Crippen molar-refractivity contribution in [1.82, 2.24) is 19.7 Å². The maximum absolute atomic E-state index is 13.6. The van der Waals surface area contributed by atoms with Crippen molar-refractivity contribution < 1.29 is 18.3 Å². The molecule has 2 aromatic rings. The first-order valence-electron chi connectivity index (χ1n) is 10.8. The van der Waals surface area contributed by atoms with E-state index < -0.39 is 18.6 Å². The van der Waals surface area contributed by atoms with Crippen molar-refractivity contribution in [2.24, 2.45) is 5.92 Å². The van der Waals surface area contributed by atoms with Crippen LogP contribution in [0.15, 0.2) is 24.5 Å². The van der Waals surface area contributed by atoms with E-state index in [-0.39, 0.29) is 24.3 Å². The van der Waals surface area contributed by atoms with Crippen LogP contribution in [0.5, 0.6) is 5.75 Å². The van der Waals surface area contributed by atoms with Crippen LogP contribution in [0.2, 0.25) is 0 Å². The molecule has 1 aromatic carbocycles. The van der Waals surface area contributed by atoms with Gasteiger partial charge in [-0.3, -0.25) is 4.79 Å². The summed E-state index contributed by atoms with van der Waals surface area (Å²) in [5.41, 5.74) is 2.16. The largest absolute Gasteiger partial charge is 0.481 e. The summed E-state index contributed by atoms with van der Waals surface area (Å²) in [5.74, 6) is 1.04. The second kappa shape index (κ2) is 8.80. The van der Waals surface area contributed by atoms with Crippen LogP contribution in [0.1, 0.15) is 43.4 Å². The van der Waals surface area contributed by atoms with Gasteiger partial charge in [-0.1, -0.05) is 6.07 Å². The quantitative estimate of drug-likeness (QED) is 0.780. The number of carbonyl (C=O) groups excluding carboxylic acids is 1. The Balaban J connectivity index is 1.41. The van der Waals surface area contributed by atoms with Crippen molar-refractivity contribution in [2.75, 3.05) is 18.4 Å². The van der Waals surface area contributed by atoms with Gasteiger partial charge in [0.05, 0.1) is 0 Å². The molecule has 7 nitrogen and oxygen atoms in total. The number of piperidine rings is 1.